The molecule has 0 bridgehead atoms. The van der Waals surface area contributed by atoms with Gasteiger partial charge < -0.3 is 10.3 Å². The van der Waals surface area contributed by atoms with Crippen LogP contribution in [0.4, 0.5) is 0 Å². The number of halogens is 1. The van der Waals surface area contributed by atoms with Crippen molar-refractivity contribution in [3.63, 3.8) is 0 Å². The molecule has 0 saturated heterocycles. The van der Waals surface area contributed by atoms with Gasteiger partial charge in [0.15, 0.2) is 0 Å². The van der Waals surface area contributed by atoms with Gasteiger partial charge in [-0.1, -0.05) is 33.6 Å². The second kappa shape index (κ2) is 6.61. The van der Waals surface area contributed by atoms with Crippen molar-refractivity contribution < 1.29 is 4.79 Å². The zero-order valence-corrected chi connectivity index (χ0v) is 15.0. The first-order valence-electron chi connectivity index (χ1n) is 7.61. The third-order valence-corrected chi connectivity index (χ3v) is 4.39. The molecular formula is C19H17BrN2O2. The smallest absolute Gasteiger partial charge is 0.253 e. The van der Waals surface area contributed by atoms with Gasteiger partial charge in [0.25, 0.3) is 11.5 Å². The van der Waals surface area contributed by atoms with Crippen molar-refractivity contribution in [1.82, 2.24) is 10.3 Å². The lowest BCUT2D eigenvalue weighted by Gasteiger charge is -2.08. The van der Waals surface area contributed by atoms with Gasteiger partial charge in [0.05, 0.1) is 5.52 Å². The van der Waals surface area contributed by atoms with E-state index in [1.54, 1.807) is 18.2 Å². The summed E-state index contributed by atoms with van der Waals surface area (Å²) in [7, 11) is 0. The Kier molecular flexibility index (Phi) is 4.53. The van der Waals surface area contributed by atoms with Gasteiger partial charge in [0.1, 0.15) is 0 Å². The van der Waals surface area contributed by atoms with E-state index in [2.05, 4.69) is 26.2 Å². The number of hydrogen-bond acceptors (Lipinski definition) is 2. The number of aromatic nitrogens is 1. The molecule has 0 saturated carbocycles. The van der Waals surface area contributed by atoms with Crippen molar-refractivity contribution in [2.24, 2.45) is 0 Å². The van der Waals surface area contributed by atoms with Gasteiger partial charge in [-0.3, -0.25) is 9.59 Å². The predicted octanol–water partition coefficient (Wildman–Crippen LogP) is 3.84. The molecule has 0 aliphatic carbocycles. The fraction of sp³-hybridized carbons (Fsp3) is 0.158. The molecule has 0 radical (unpaired) electrons. The largest absolute Gasteiger partial charge is 0.348 e. The second-order valence-corrected chi connectivity index (χ2v) is 6.78. The van der Waals surface area contributed by atoms with E-state index in [9.17, 15) is 9.59 Å². The molecule has 3 rings (SSSR count). The predicted molar refractivity (Wildman–Crippen MR) is 99.4 cm³/mol. The summed E-state index contributed by atoms with van der Waals surface area (Å²) in [5.74, 6) is -0.212. The highest BCUT2D eigenvalue weighted by Crippen LogP contribution is 2.18. The lowest BCUT2D eigenvalue weighted by molar-refractivity contribution is 0.0950. The van der Waals surface area contributed by atoms with Crippen LogP contribution in [0.3, 0.4) is 0 Å². The minimum Gasteiger partial charge on any atom is -0.348 e. The third-order valence-electron chi connectivity index (χ3n) is 3.90. The lowest BCUT2D eigenvalue weighted by atomic mass is 10.1. The van der Waals surface area contributed by atoms with Crippen LogP contribution in [0.25, 0.3) is 10.9 Å². The van der Waals surface area contributed by atoms with Crippen LogP contribution in [0.1, 0.15) is 27.0 Å². The highest BCUT2D eigenvalue weighted by molar-refractivity contribution is 9.10. The fourth-order valence-corrected chi connectivity index (χ4v) is 3.17. The highest BCUT2D eigenvalue weighted by atomic mass is 79.9. The summed E-state index contributed by atoms with van der Waals surface area (Å²) in [6.07, 6.45) is 0. The molecule has 122 valence electrons. The van der Waals surface area contributed by atoms with E-state index in [4.69, 9.17) is 0 Å². The van der Waals surface area contributed by atoms with E-state index in [1.807, 2.05) is 38.1 Å². The Hall–Kier alpha value is -2.40. The van der Waals surface area contributed by atoms with E-state index in [1.165, 1.54) is 0 Å². The number of nitrogens with one attached hydrogen (secondary N) is 2. The first kappa shape index (κ1) is 16.5. The number of rotatable bonds is 3. The minimum atomic E-state index is -0.212. The number of carbonyl (C=O) groups is 1. The number of aromatic amines is 1. The van der Waals surface area contributed by atoms with Gasteiger partial charge in [0, 0.05) is 22.1 Å². The summed E-state index contributed by atoms with van der Waals surface area (Å²) in [5.41, 5.74) is 3.92. The summed E-state index contributed by atoms with van der Waals surface area (Å²) in [5, 5.41) is 3.77. The zero-order chi connectivity index (χ0) is 17.3. The summed E-state index contributed by atoms with van der Waals surface area (Å²) < 4.78 is 0.838. The molecule has 0 aliphatic heterocycles. The van der Waals surface area contributed by atoms with Gasteiger partial charge in [-0.05, 0) is 55.1 Å². The van der Waals surface area contributed by atoms with Crippen molar-refractivity contribution in [3.05, 3.63) is 79.5 Å². The molecule has 0 unspecified atom stereocenters. The fourth-order valence-electron chi connectivity index (χ4n) is 2.77. The van der Waals surface area contributed by atoms with Crippen molar-refractivity contribution in [3.8, 4) is 0 Å². The molecule has 1 amide bonds. The second-order valence-electron chi connectivity index (χ2n) is 5.86. The van der Waals surface area contributed by atoms with Gasteiger partial charge in [-0.15, -0.1) is 0 Å². The summed E-state index contributed by atoms with van der Waals surface area (Å²) in [6, 6.07) is 13.0. The van der Waals surface area contributed by atoms with Crippen LogP contribution in [0.15, 0.2) is 51.7 Å². The average Bonchev–Trinajstić information content (AvgIpc) is 2.53. The standard InChI is InChI=1S/C19H17BrN2O2/c1-11-6-12(2)17-14(7-11)8-15(19(24)22-17)10-21-18(23)13-4-3-5-16(20)9-13/h3-9H,10H2,1-2H3,(H,21,23)(H,22,24). The van der Waals surface area contributed by atoms with Crippen molar-refractivity contribution in [1.29, 1.82) is 0 Å². The molecule has 0 fully saturated rings. The van der Waals surface area contributed by atoms with Gasteiger partial charge in [-0.25, -0.2) is 0 Å². The van der Waals surface area contributed by atoms with Crippen LogP contribution in [0, 0.1) is 13.8 Å². The van der Waals surface area contributed by atoms with Crippen molar-refractivity contribution in [2.45, 2.75) is 20.4 Å². The number of benzene rings is 2. The molecule has 1 aromatic heterocycles. The van der Waals surface area contributed by atoms with Gasteiger partial charge in [-0.2, -0.15) is 0 Å². The number of aryl methyl sites for hydroxylation is 2. The van der Waals surface area contributed by atoms with E-state index in [0.717, 1.165) is 26.5 Å². The molecule has 2 N–H and O–H groups in total. The quantitative estimate of drug-likeness (QED) is 0.720. The molecule has 4 nitrogen and oxygen atoms in total. The van der Waals surface area contributed by atoms with Crippen LogP contribution in [0.2, 0.25) is 0 Å². The SMILES string of the molecule is Cc1cc(C)c2[nH]c(=O)c(CNC(=O)c3cccc(Br)c3)cc2c1. The molecule has 1 heterocycles. The number of H-pyrrole nitrogens is 1. The lowest BCUT2D eigenvalue weighted by Crippen LogP contribution is -2.26. The first-order valence-corrected chi connectivity index (χ1v) is 8.40. The molecule has 0 aliphatic rings. The van der Waals surface area contributed by atoms with Gasteiger partial charge >= 0.3 is 0 Å². The Morgan fingerprint density at radius 2 is 1.96 bits per heavy atom. The Morgan fingerprint density at radius 3 is 2.71 bits per heavy atom. The number of amides is 1. The zero-order valence-electron chi connectivity index (χ0n) is 13.4. The maximum absolute atomic E-state index is 12.3. The van der Waals surface area contributed by atoms with Crippen molar-refractivity contribution >= 4 is 32.7 Å². The number of carbonyl (C=O) groups excluding carboxylic acids is 1. The van der Waals surface area contributed by atoms with Crippen LogP contribution in [0.5, 0.6) is 0 Å². The average molecular weight is 385 g/mol. The summed E-state index contributed by atoms with van der Waals surface area (Å²) in [4.78, 5) is 27.4. The van der Waals surface area contributed by atoms with E-state index < -0.39 is 0 Å². The molecule has 0 atom stereocenters. The molecule has 2 aromatic carbocycles. The molecule has 5 heteroatoms. The molecule has 0 spiro atoms. The topological polar surface area (TPSA) is 62.0 Å². The maximum Gasteiger partial charge on any atom is 0.253 e. The van der Waals surface area contributed by atoms with Gasteiger partial charge in [0.2, 0.25) is 0 Å². The Bertz CT molecular complexity index is 992. The Morgan fingerprint density at radius 1 is 1.17 bits per heavy atom. The Balaban J connectivity index is 1.86. The Labute approximate surface area is 148 Å². The minimum absolute atomic E-state index is 0.177. The maximum atomic E-state index is 12.3. The number of hydrogen-bond donors (Lipinski definition) is 2. The molecule has 24 heavy (non-hydrogen) atoms. The molecule has 3 aromatic rings. The highest BCUT2D eigenvalue weighted by Gasteiger charge is 2.09. The van der Waals surface area contributed by atoms with E-state index >= 15 is 0 Å². The van der Waals surface area contributed by atoms with E-state index in [0.29, 0.717) is 11.1 Å². The first-order chi connectivity index (χ1) is 11.4. The molecular weight excluding hydrogens is 368 g/mol. The summed E-state index contributed by atoms with van der Waals surface area (Å²) >= 11 is 3.34. The monoisotopic (exact) mass is 384 g/mol. The summed E-state index contributed by atoms with van der Waals surface area (Å²) in [6.45, 7) is 4.18. The van der Waals surface area contributed by atoms with Crippen LogP contribution >= 0.6 is 15.9 Å². The van der Waals surface area contributed by atoms with E-state index in [-0.39, 0.29) is 18.0 Å². The van der Waals surface area contributed by atoms with Crippen molar-refractivity contribution in [2.75, 3.05) is 0 Å². The van der Waals surface area contributed by atoms with Crippen LogP contribution in [-0.4, -0.2) is 10.9 Å². The normalized spacial score (nSPS) is 10.8. The van der Waals surface area contributed by atoms with Crippen LogP contribution in [-0.2, 0) is 6.54 Å². The van der Waals surface area contributed by atoms with Crippen LogP contribution < -0.4 is 10.9 Å². The third kappa shape index (κ3) is 3.41. The number of fused-ring (bicyclic) bond motifs is 1. The number of pyridine rings is 1.